The van der Waals surface area contributed by atoms with Crippen molar-refractivity contribution in [1.29, 1.82) is 0 Å². The van der Waals surface area contributed by atoms with Gasteiger partial charge in [0.15, 0.2) is 5.78 Å². The van der Waals surface area contributed by atoms with Crippen LogP contribution in [0.2, 0.25) is 0 Å². The molecule has 1 atom stereocenters. The summed E-state index contributed by atoms with van der Waals surface area (Å²) in [7, 11) is 0. The molecule has 1 N–H and O–H groups in total. The predicted molar refractivity (Wildman–Crippen MR) is 133 cm³/mol. The lowest BCUT2D eigenvalue weighted by Gasteiger charge is -2.33. The number of Topliss-reactive ketones (excluding diaryl/α,β-unsaturated/α-hetero) is 1. The number of para-hydroxylation sites is 1. The summed E-state index contributed by atoms with van der Waals surface area (Å²) in [5.74, 6) is -1.46. The fraction of sp³-hybridized carbons (Fsp3) is 0.276. The molecule has 4 rings (SSSR count). The average Bonchev–Trinajstić information content (AvgIpc) is 2.89. The number of hydrogen-bond acceptors (Lipinski definition) is 3. The van der Waals surface area contributed by atoms with Gasteiger partial charge in [0.2, 0.25) is 11.8 Å². The molecular formula is C29H30N2O3. The Kier molecular flexibility index (Phi) is 7.87. The number of hydrogen-bond donors (Lipinski definition) is 1. The van der Waals surface area contributed by atoms with Gasteiger partial charge in [0.05, 0.1) is 0 Å². The molecule has 3 aromatic carbocycles. The maximum absolute atomic E-state index is 13.2. The van der Waals surface area contributed by atoms with Crippen molar-refractivity contribution < 1.29 is 14.4 Å². The van der Waals surface area contributed by atoms with E-state index in [0.717, 1.165) is 19.3 Å². The Morgan fingerprint density at radius 3 is 1.97 bits per heavy atom. The molecule has 1 aliphatic heterocycles. The van der Waals surface area contributed by atoms with E-state index in [1.807, 2.05) is 35.2 Å². The van der Waals surface area contributed by atoms with Gasteiger partial charge in [-0.3, -0.25) is 14.4 Å². The zero-order valence-electron chi connectivity index (χ0n) is 19.2. The molecule has 1 heterocycles. The summed E-state index contributed by atoms with van der Waals surface area (Å²) in [6.07, 6.45) is 2.73. The molecule has 0 bridgehead atoms. The van der Waals surface area contributed by atoms with Crippen LogP contribution in [0.25, 0.3) is 0 Å². The summed E-state index contributed by atoms with van der Waals surface area (Å²) < 4.78 is 0. The fourth-order valence-electron chi connectivity index (χ4n) is 4.50. The van der Waals surface area contributed by atoms with Crippen molar-refractivity contribution in [3.05, 3.63) is 102 Å². The number of carbonyl (C=O) groups is 3. The lowest BCUT2D eigenvalue weighted by Crippen LogP contribution is -2.42. The minimum Gasteiger partial charge on any atom is -0.343 e. The SMILES string of the molecule is O=C(Nc1ccccc1)[C@@H](CC(=O)N1CCC(Cc2ccccc2)CC1)C(=O)c1ccccc1. The van der Waals surface area contributed by atoms with Crippen LogP contribution in [0.5, 0.6) is 0 Å². The zero-order valence-corrected chi connectivity index (χ0v) is 19.2. The molecule has 1 fully saturated rings. The third kappa shape index (κ3) is 6.19. The van der Waals surface area contributed by atoms with Gasteiger partial charge in [0.25, 0.3) is 0 Å². The van der Waals surface area contributed by atoms with Crippen molar-refractivity contribution in [1.82, 2.24) is 4.90 Å². The third-order valence-corrected chi connectivity index (χ3v) is 6.45. The molecular weight excluding hydrogens is 424 g/mol. The molecule has 5 heteroatoms. The van der Waals surface area contributed by atoms with Crippen LogP contribution >= 0.6 is 0 Å². The second kappa shape index (κ2) is 11.4. The van der Waals surface area contributed by atoms with Crippen LogP contribution < -0.4 is 5.32 Å². The van der Waals surface area contributed by atoms with Crippen LogP contribution in [-0.4, -0.2) is 35.6 Å². The van der Waals surface area contributed by atoms with E-state index in [4.69, 9.17) is 0 Å². The number of carbonyl (C=O) groups excluding carboxylic acids is 3. The van der Waals surface area contributed by atoms with Crippen LogP contribution in [0.4, 0.5) is 5.69 Å². The van der Waals surface area contributed by atoms with E-state index in [1.54, 1.807) is 36.4 Å². The molecule has 174 valence electrons. The highest BCUT2D eigenvalue weighted by atomic mass is 16.2. The van der Waals surface area contributed by atoms with E-state index in [1.165, 1.54) is 5.56 Å². The maximum Gasteiger partial charge on any atom is 0.235 e. The molecule has 0 spiro atoms. The van der Waals surface area contributed by atoms with Crippen LogP contribution in [0.1, 0.15) is 35.2 Å². The quantitative estimate of drug-likeness (QED) is 0.385. The van der Waals surface area contributed by atoms with Gasteiger partial charge in [-0.2, -0.15) is 0 Å². The molecule has 0 saturated carbocycles. The van der Waals surface area contributed by atoms with Crippen LogP contribution in [-0.2, 0) is 16.0 Å². The summed E-state index contributed by atoms with van der Waals surface area (Å²) in [5.41, 5.74) is 2.36. The molecule has 1 saturated heterocycles. The van der Waals surface area contributed by atoms with Gasteiger partial charge in [-0.25, -0.2) is 0 Å². The molecule has 5 nitrogen and oxygen atoms in total. The van der Waals surface area contributed by atoms with Gasteiger partial charge in [-0.15, -0.1) is 0 Å². The van der Waals surface area contributed by atoms with Gasteiger partial charge in [-0.1, -0.05) is 78.9 Å². The zero-order chi connectivity index (χ0) is 23.8. The first-order valence-corrected chi connectivity index (χ1v) is 11.9. The molecule has 0 aromatic heterocycles. The van der Waals surface area contributed by atoms with Gasteiger partial charge >= 0.3 is 0 Å². The number of nitrogens with one attached hydrogen (secondary N) is 1. The first-order valence-electron chi connectivity index (χ1n) is 11.9. The summed E-state index contributed by atoms with van der Waals surface area (Å²) in [6, 6.07) is 28.1. The maximum atomic E-state index is 13.2. The Morgan fingerprint density at radius 2 is 1.35 bits per heavy atom. The predicted octanol–water partition coefficient (Wildman–Crippen LogP) is 5.00. The van der Waals surface area contributed by atoms with Gasteiger partial charge < -0.3 is 10.2 Å². The normalized spacial score (nSPS) is 14.9. The lowest BCUT2D eigenvalue weighted by molar-refractivity contribution is -0.135. The molecule has 0 radical (unpaired) electrons. The number of amides is 2. The summed E-state index contributed by atoms with van der Waals surface area (Å²) in [5, 5.41) is 2.80. The number of anilines is 1. The Balaban J connectivity index is 1.40. The average molecular weight is 455 g/mol. The number of benzene rings is 3. The lowest BCUT2D eigenvalue weighted by atomic mass is 9.89. The fourth-order valence-corrected chi connectivity index (χ4v) is 4.50. The van der Waals surface area contributed by atoms with E-state index in [9.17, 15) is 14.4 Å². The van der Waals surface area contributed by atoms with Crippen molar-refractivity contribution >= 4 is 23.3 Å². The molecule has 34 heavy (non-hydrogen) atoms. The number of likely N-dealkylation sites (tertiary alicyclic amines) is 1. The molecule has 1 aliphatic rings. The number of piperidine rings is 1. The van der Waals surface area contributed by atoms with Crippen LogP contribution in [0.15, 0.2) is 91.0 Å². The van der Waals surface area contributed by atoms with Crippen molar-refractivity contribution in [2.75, 3.05) is 18.4 Å². The first kappa shape index (κ1) is 23.4. The summed E-state index contributed by atoms with van der Waals surface area (Å²) in [6.45, 7) is 1.31. The second-order valence-electron chi connectivity index (χ2n) is 8.86. The Bertz CT molecular complexity index is 1090. The molecule has 0 aliphatic carbocycles. The van der Waals surface area contributed by atoms with Gasteiger partial charge in [0.1, 0.15) is 5.92 Å². The minimum atomic E-state index is -1.07. The Morgan fingerprint density at radius 1 is 0.794 bits per heavy atom. The van der Waals surface area contributed by atoms with E-state index in [2.05, 4.69) is 29.6 Å². The van der Waals surface area contributed by atoms with Crippen molar-refractivity contribution in [3.63, 3.8) is 0 Å². The highest BCUT2D eigenvalue weighted by Crippen LogP contribution is 2.24. The van der Waals surface area contributed by atoms with Crippen LogP contribution in [0.3, 0.4) is 0 Å². The first-order chi connectivity index (χ1) is 16.6. The molecule has 2 amide bonds. The monoisotopic (exact) mass is 454 g/mol. The number of nitrogens with zero attached hydrogens (tertiary/aromatic N) is 1. The standard InChI is InChI=1S/C29H30N2O3/c32-27(31-18-16-23(17-19-31)20-22-10-4-1-5-11-22)21-26(28(33)24-12-6-2-7-13-24)29(34)30-25-14-8-3-9-15-25/h1-15,23,26H,16-21H2,(H,30,34)/t26-/m0/s1. The summed E-state index contributed by atoms with van der Waals surface area (Å²) >= 11 is 0. The van der Waals surface area contributed by atoms with Gasteiger partial charge in [0, 0.05) is 30.8 Å². The van der Waals surface area contributed by atoms with Crippen molar-refractivity contribution in [2.24, 2.45) is 11.8 Å². The Hall–Kier alpha value is -3.73. The number of rotatable bonds is 8. The smallest absolute Gasteiger partial charge is 0.235 e. The second-order valence-corrected chi connectivity index (χ2v) is 8.86. The minimum absolute atomic E-state index is 0.129. The highest BCUT2D eigenvalue weighted by Gasteiger charge is 2.33. The molecule has 0 unspecified atom stereocenters. The molecule has 3 aromatic rings. The van der Waals surface area contributed by atoms with Crippen molar-refractivity contribution in [2.45, 2.75) is 25.7 Å². The van der Waals surface area contributed by atoms with Crippen LogP contribution in [0, 0.1) is 11.8 Å². The number of ketones is 1. The third-order valence-electron chi connectivity index (χ3n) is 6.45. The highest BCUT2D eigenvalue weighted by molar-refractivity contribution is 6.15. The van der Waals surface area contributed by atoms with E-state index < -0.39 is 11.8 Å². The van der Waals surface area contributed by atoms with E-state index in [-0.39, 0.29) is 18.1 Å². The van der Waals surface area contributed by atoms with E-state index >= 15 is 0 Å². The summed E-state index contributed by atoms with van der Waals surface area (Å²) in [4.78, 5) is 41.3. The largest absolute Gasteiger partial charge is 0.343 e. The Labute approximate surface area is 200 Å². The topological polar surface area (TPSA) is 66.5 Å². The van der Waals surface area contributed by atoms with Crippen molar-refractivity contribution in [3.8, 4) is 0 Å². The van der Waals surface area contributed by atoms with Gasteiger partial charge in [-0.05, 0) is 42.9 Å². The van der Waals surface area contributed by atoms with E-state index in [0.29, 0.717) is 30.3 Å².